The molecule has 4 atom stereocenters. The molecule has 3 amide bonds. The number of hydrogen-bond acceptors (Lipinski definition) is 14. The number of alkyl carbamates (subject to hydrolysis) is 1. The SMILES string of the molecule is C.CCOC(=O)C(Cc1ccc(F)cc1)NC(=O)C(Cc1cccc(N(CCCl)CCCl)c1)NC(=O)OCc1ccccc1.CCOC(=O)C(Cc1ccc(F)cc1)NC(=O)C(N)Cc1cccc(N(CCCl)CCCl)c1.O=CO[O-].[H-].[Na+].[Na+]. The summed E-state index contributed by atoms with van der Waals surface area (Å²) in [6.45, 7) is 5.91. The van der Waals surface area contributed by atoms with Crippen molar-refractivity contribution in [3.05, 3.63) is 167 Å². The Labute approximate surface area is 550 Å². The number of esters is 2. The molecule has 444 valence electrons. The fraction of sp³-hybridized carbons (Fsp3) is 0.379. The molecule has 5 rings (SSSR count). The van der Waals surface area contributed by atoms with Crippen molar-refractivity contribution >= 4 is 94.1 Å². The van der Waals surface area contributed by atoms with Gasteiger partial charge in [0.1, 0.15) is 36.4 Å². The van der Waals surface area contributed by atoms with Crippen LogP contribution in [0.5, 0.6) is 0 Å². The van der Waals surface area contributed by atoms with E-state index >= 15 is 0 Å². The number of halogens is 6. The van der Waals surface area contributed by atoms with Gasteiger partial charge in [0.25, 0.3) is 6.47 Å². The van der Waals surface area contributed by atoms with E-state index in [1.54, 1.807) is 26.0 Å². The van der Waals surface area contributed by atoms with Crippen LogP contribution in [-0.4, -0.2) is 123 Å². The van der Waals surface area contributed by atoms with Gasteiger partial charge < -0.3 is 57.3 Å². The molecular formula is C58H72Cl4F2N6Na2O11. The summed E-state index contributed by atoms with van der Waals surface area (Å²) in [5.74, 6) is -1.35. The van der Waals surface area contributed by atoms with Crippen LogP contribution in [0, 0.1) is 11.6 Å². The van der Waals surface area contributed by atoms with E-state index in [1.807, 2.05) is 83.8 Å². The Hall–Kier alpha value is -4.74. The first-order chi connectivity index (χ1) is 38.6. The van der Waals surface area contributed by atoms with Gasteiger partial charge in [-0.15, -0.1) is 46.4 Å². The summed E-state index contributed by atoms with van der Waals surface area (Å²) in [4.78, 5) is 79.8. The molecule has 0 aromatic heterocycles. The first-order valence-electron chi connectivity index (χ1n) is 25.4. The molecule has 4 unspecified atom stereocenters. The summed E-state index contributed by atoms with van der Waals surface area (Å²) in [6.07, 6.45) is -0.184. The molecule has 0 bridgehead atoms. The van der Waals surface area contributed by atoms with E-state index < -0.39 is 59.8 Å². The third-order valence-electron chi connectivity index (χ3n) is 11.5. The molecule has 0 saturated carbocycles. The monoisotopic (exact) mass is 1250 g/mol. The van der Waals surface area contributed by atoms with Crippen molar-refractivity contribution in [3.8, 4) is 0 Å². The normalized spacial score (nSPS) is 11.5. The summed E-state index contributed by atoms with van der Waals surface area (Å²) >= 11 is 23.8. The van der Waals surface area contributed by atoms with Crippen molar-refractivity contribution in [1.82, 2.24) is 16.0 Å². The molecule has 5 aromatic carbocycles. The van der Waals surface area contributed by atoms with Gasteiger partial charge in [-0.2, -0.15) is 0 Å². The quantitative estimate of drug-likeness (QED) is 0.00977. The second-order valence-electron chi connectivity index (χ2n) is 17.3. The first-order valence-corrected chi connectivity index (χ1v) is 27.5. The molecule has 0 fully saturated rings. The van der Waals surface area contributed by atoms with Gasteiger partial charge >= 0.3 is 77.1 Å². The zero-order chi connectivity index (χ0) is 58.7. The topological polar surface area (TPSA) is 231 Å². The maximum atomic E-state index is 13.7. The maximum absolute atomic E-state index is 13.7. The summed E-state index contributed by atoms with van der Waals surface area (Å²) in [7, 11) is 0. The van der Waals surface area contributed by atoms with Gasteiger partial charge in [-0.05, 0) is 96.6 Å². The zero-order valence-corrected chi connectivity index (χ0v) is 53.4. The van der Waals surface area contributed by atoms with E-state index in [2.05, 4.69) is 25.7 Å². The molecule has 0 spiro atoms. The molecule has 0 radical (unpaired) electrons. The smallest absolute Gasteiger partial charge is 1.00 e. The number of alkyl halides is 4. The standard InChI is InChI=1S/C32H36Cl2FN3O5.C24H30Cl2FN3O3.CH2O3.CH4.2Na.H/c1-2-42-31(40)29(20-23-11-13-26(35)14-12-23)36-30(39)28(37-32(41)43-22-24-7-4-3-5-8-24)21-25-9-6-10-27(19-25)38(17-15-33)18-16-34;1-2-33-24(32)22(16-17-6-8-19(27)9-7-17)29-23(31)21(28)15-18-4-3-5-20(14-18)30(12-10-25)13-11-26;2-1-4-3;;;;/h3-14,19,28-29H,2,15-18,20-22H2,1H3,(H,36,39)(H,37,41);3-9,14,21-22H,2,10-13,15-16,28H2,1H3,(H,29,31);1,3H;1H4;;;/q;;;;2*+1;-1/p-1. The summed E-state index contributed by atoms with van der Waals surface area (Å²) in [5, 5.41) is 16.5. The Morgan fingerprint density at radius 2 is 0.940 bits per heavy atom. The number of anilines is 2. The molecule has 0 heterocycles. The molecule has 25 heteroatoms. The van der Waals surface area contributed by atoms with Crippen molar-refractivity contribution in [3.63, 3.8) is 0 Å². The van der Waals surface area contributed by atoms with Gasteiger partial charge in [0.2, 0.25) is 11.8 Å². The molecule has 0 saturated heterocycles. The average Bonchev–Trinajstić information content (AvgIpc) is 3.45. The maximum Gasteiger partial charge on any atom is 1.00 e. The molecule has 0 aliphatic rings. The number of benzene rings is 5. The van der Waals surface area contributed by atoms with Crippen LogP contribution in [0.15, 0.2) is 127 Å². The molecule has 0 aliphatic carbocycles. The number of rotatable bonds is 30. The Balaban J connectivity index is 0. The van der Waals surface area contributed by atoms with E-state index in [4.69, 9.17) is 76.4 Å². The van der Waals surface area contributed by atoms with Crippen LogP contribution in [0.25, 0.3) is 0 Å². The molecule has 0 aliphatic heterocycles. The molecule has 5 N–H and O–H groups in total. The van der Waals surface area contributed by atoms with Crippen LogP contribution < -0.4 is 95.9 Å². The summed E-state index contributed by atoms with van der Waals surface area (Å²) in [6, 6.07) is 31.7. The fourth-order valence-electron chi connectivity index (χ4n) is 7.74. The second kappa shape index (κ2) is 45.6. The van der Waals surface area contributed by atoms with Gasteiger partial charge in [-0.1, -0.05) is 86.3 Å². The van der Waals surface area contributed by atoms with E-state index in [0.717, 1.165) is 28.1 Å². The van der Waals surface area contributed by atoms with Crippen LogP contribution in [0.1, 0.15) is 50.5 Å². The van der Waals surface area contributed by atoms with Crippen LogP contribution >= 0.6 is 46.4 Å². The number of nitrogens with zero attached hydrogens (tertiary/aromatic N) is 2. The average molecular weight is 1260 g/mol. The van der Waals surface area contributed by atoms with E-state index in [0.29, 0.717) is 60.8 Å². The minimum Gasteiger partial charge on any atom is -1.00 e. The molecule has 5 aromatic rings. The second-order valence-corrected chi connectivity index (χ2v) is 18.8. The van der Waals surface area contributed by atoms with Gasteiger partial charge in [-0.25, -0.2) is 23.2 Å². The van der Waals surface area contributed by atoms with Crippen molar-refractivity contribution in [1.29, 1.82) is 0 Å². The Morgan fingerprint density at radius 1 is 0.554 bits per heavy atom. The van der Waals surface area contributed by atoms with Crippen LogP contribution in [0.3, 0.4) is 0 Å². The predicted molar refractivity (Wildman–Crippen MR) is 311 cm³/mol. The number of ether oxygens (including phenoxy) is 3. The van der Waals surface area contributed by atoms with Gasteiger partial charge in [-0.3, -0.25) is 14.4 Å². The zero-order valence-electron chi connectivity index (χ0n) is 47.3. The summed E-state index contributed by atoms with van der Waals surface area (Å²) < 4.78 is 42.3. The van der Waals surface area contributed by atoms with Gasteiger partial charge in [0, 0.05) is 80.3 Å². The number of carbonyl (C=O) groups excluding carboxylic acids is 6. The van der Waals surface area contributed by atoms with Gasteiger partial charge in [0.05, 0.1) is 19.3 Å². The van der Waals surface area contributed by atoms with E-state index in [1.165, 1.54) is 36.4 Å². The predicted octanol–water partition coefficient (Wildman–Crippen LogP) is 1.70. The minimum atomic E-state index is -1.10. The van der Waals surface area contributed by atoms with Crippen LogP contribution in [0.4, 0.5) is 25.0 Å². The van der Waals surface area contributed by atoms with Gasteiger partial charge in [0.15, 0.2) is 0 Å². The van der Waals surface area contributed by atoms with Crippen molar-refractivity contribution in [2.24, 2.45) is 5.73 Å². The fourth-order valence-corrected chi connectivity index (χ4v) is 8.56. The number of nitrogens with one attached hydrogen (secondary N) is 3. The van der Waals surface area contributed by atoms with Crippen molar-refractivity contribution < 1.29 is 122 Å². The molecule has 17 nitrogen and oxygen atoms in total. The number of nitrogens with two attached hydrogens (primary N) is 1. The number of hydrogen-bond donors (Lipinski definition) is 4. The van der Waals surface area contributed by atoms with Crippen molar-refractivity contribution in [2.75, 3.05) is 72.7 Å². The Bertz CT molecular complexity index is 2640. The Kier molecular flexibility index (Phi) is 43.0. The minimum absolute atomic E-state index is 0. The van der Waals surface area contributed by atoms with Crippen LogP contribution in [0.2, 0.25) is 0 Å². The largest absolute Gasteiger partial charge is 1.00 e. The third kappa shape index (κ3) is 30.8. The third-order valence-corrected chi connectivity index (χ3v) is 12.2. The van der Waals surface area contributed by atoms with Crippen molar-refractivity contribution in [2.45, 2.75) is 77.7 Å². The Morgan fingerprint density at radius 3 is 1.34 bits per heavy atom. The number of amides is 3. The first kappa shape index (κ1) is 78.3. The molecular weight excluding hydrogens is 1180 g/mol. The summed E-state index contributed by atoms with van der Waals surface area (Å²) in [5.41, 5.74) is 11.7. The van der Waals surface area contributed by atoms with E-state index in [9.17, 15) is 32.8 Å². The number of carbonyl (C=O) groups is 6. The molecule has 83 heavy (non-hydrogen) atoms. The van der Waals surface area contributed by atoms with Crippen LogP contribution in [-0.2, 0) is 75.4 Å². The van der Waals surface area contributed by atoms with E-state index in [-0.39, 0.29) is 126 Å².